The lowest BCUT2D eigenvalue weighted by Crippen LogP contribution is -2.56. The van der Waals surface area contributed by atoms with Crippen molar-refractivity contribution in [3.8, 4) is 0 Å². The maximum atomic E-state index is 12.0. The van der Waals surface area contributed by atoms with Crippen molar-refractivity contribution in [1.82, 2.24) is 0 Å². The van der Waals surface area contributed by atoms with Crippen LogP contribution >= 0.6 is 0 Å². The fourth-order valence-electron chi connectivity index (χ4n) is 7.38. The summed E-state index contributed by atoms with van der Waals surface area (Å²) in [6.45, 7) is 14.4. The molecule has 6 aliphatic rings. The van der Waals surface area contributed by atoms with Crippen LogP contribution in [-0.4, -0.2) is 20.2 Å². The van der Waals surface area contributed by atoms with Crippen LogP contribution in [0.25, 0.3) is 0 Å². The van der Waals surface area contributed by atoms with Gasteiger partial charge in [-0.1, -0.05) is 44.9 Å². The Morgan fingerprint density at radius 2 is 1.93 bits per heavy atom. The highest BCUT2D eigenvalue weighted by atomic mass is 28.4. The standard InChI is InChI=1S/C25H38O2Si/c1-23(2,3)28(5,6)27-22-8-7-19-18-13-16-15-25(12-9-17(26)14-21(16)25)20(18)10-11-24(19,22)4/h10,14,16,18-19,22H,7-9,11-13,15H2,1-6H3/t16-,18?,19?,22-,24-,25-/m0/s1. The first-order valence-electron chi connectivity index (χ1n) is 11.6. The molecular weight excluding hydrogens is 360 g/mol. The number of carbonyl (C=O) groups excluding carboxylic acids is 1. The molecule has 0 aliphatic heterocycles. The molecule has 0 radical (unpaired) electrons. The maximum absolute atomic E-state index is 12.0. The van der Waals surface area contributed by atoms with Crippen molar-refractivity contribution in [2.45, 2.75) is 96.9 Å². The molecule has 0 aromatic rings. The second kappa shape index (κ2) is 5.72. The van der Waals surface area contributed by atoms with E-state index in [0.29, 0.717) is 28.6 Å². The highest BCUT2D eigenvalue weighted by molar-refractivity contribution is 6.74. The van der Waals surface area contributed by atoms with E-state index in [2.05, 4.69) is 46.9 Å². The van der Waals surface area contributed by atoms with Gasteiger partial charge in [0.05, 0.1) is 6.10 Å². The molecule has 28 heavy (non-hydrogen) atoms. The maximum Gasteiger partial charge on any atom is 0.192 e. The average Bonchev–Trinajstić information content (AvgIpc) is 2.92. The van der Waals surface area contributed by atoms with E-state index in [0.717, 1.165) is 24.7 Å². The Kier molecular flexibility index (Phi) is 3.94. The molecule has 6 atom stereocenters. The topological polar surface area (TPSA) is 26.3 Å². The lowest BCUT2D eigenvalue weighted by Gasteiger charge is -2.64. The van der Waals surface area contributed by atoms with Crippen molar-refractivity contribution in [3.63, 3.8) is 0 Å². The number of fused-ring (bicyclic) bond motifs is 1. The minimum Gasteiger partial charge on any atom is -0.413 e. The van der Waals surface area contributed by atoms with Gasteiger partial charge in [-0.05, 0) is 85.9 Å². The number of rotatable bonds is 2. The summed E-state index contributed by atoms with van der Waals surface area (Å²) in [6.07, 6.45) is 13.3. The van der Waals surface area contributed by atoms with Crippen LogP contribution in [0.2, 0.25) is 18.1 Å². The molecule has 2 bridgehead atoms. The largest absolute Gasteiger partial charge is 0.413 e. The van der Waals surface area contributed by atoms with Gasteiger partial charge in [0.25, 0.3) is 0 Å². The van der Waals surface area contributed by atoms with Crippen LogP contribution in [-0.2, 0) is 9.22 Å². The van der Waals surface area contributed by atoms with Gasteiger partial charge in [0.15, 0.2) is 14.1 Å². The monoisotopic (exact) mass is 398 g/mol. The molecule has 154 valence electrons. The molecule has 3 heteroatoms. The first-order chi connectivity index (χ1) is 13.0. The van der Waals surface area contributed by atoms with E-state index in [1.54, 1.807) is 5.57 Å². The highest BCUT2D eigenvalue weighted by Crippen LogP contribution is 2.72. The fourth-order valence-corrected chi connectivity index (χ4v) is 8.83. The van der Waals surface area contributed by atoms with Crippen molar-refractivity contribution in [2.75, 3.05) is 0 Å². The van der Waals surface area contributed by atoms with E-state index in [9.17, 15) is 4.79 Å². The number of carbonyl (C=O) groups is 1. The third kappa shape index (κ3) is 2.38. The third-order valence-corrected chi connectivity index (χ3v) is 14.5. The van der Waals surface area contributed by atoms with Gasteiger partial charge in [0, 0.05) is 11.8 Å². The Labute approximate surface area is 172 Å². The molecule has 2 unspecified atom stereocenters. The number of allylic oxidation sites excluding steroid dienone is 4. The zero-order valence-corrected chi connectivity index (χ0v) is 19.7. The molecule has 0 heterocycles. The highest BCUT2D eigenvalue weighted by Gasteiger charge is 2.64. The predicted octanol–water partition coefficient (Wildman–Crippen LogP) is 6.44. The molecule has 4 fully saturated rings. The van der Waals surface area contributed by atoms with Crippen molar-refractivity contribution < 1.29 is 9.22 Å². The lowest BCUT2D eigenvalue weighted by molar-refractivity contribution is -0.117. The quantitative estimate of drug-likeness (QED) is 0.395. The molecule has 2 nitrogen and oxygen atoms in total. The first-order valence-corrected chi connectivity index (χ1v) is 14.5. The minimum absolute atomic E-state index is 0.275. The number of ketones is 1. The summed E-state index contributed by atoms with van der Waals surface area (Å²) in [5.41, 5.74) is 3.85. The van der Waals surface area contributed by atoms with Gasteiger partial charge in [-0.25, -0.2) is 0 Å². The molecule has 0 aromatic carbocycles. The lowest BCUT2D eigenvalue weighted by atomic mass is 9.40. The molecule has 4 saturated carbocycles. The van der Waals surface area contributed by atoms with Gasteiger partial charge >= 0.3 is 0 Å². The first kappa shape index (κ1) is 19.3. The van der Waals surface area contributed by atoms with E-state index in [1.807, 2.05) is 6.08 Å². The number of hydrogen-bond donors (Lipinski definition) is 0. The summed E-state index contributed by atoms with van der Waals surface area (Å²) in [5, 5.41) is 0.275. The summed E-state index contributed by atoms with van der Waals surface area (Å²) < 4.78 is 7.03. The molecule has 0 amide bonds. The van der Waals surface area contributed by atoms with Crippen LogP contribution in [0.3, 0.4) is 0 Å². The second-order valence-electron chi connectivity index (χ2n) is 12.3. The van der Waals surface area contributed by atoms with Gasteiger partial charge in [0.1, 0.15) is 0 Å². The molecular formula is C25H38O2Si. The minimum atomic E-state index is -1.75. The van der Waals surface area contributed by atoms with E-state index in [1.165, 1.54) is 37.7 Å². The van der Waals surface area contributed by atoms with Gasteiger partial charge < -0.3 is 4.43 Å². The Morgan fingerprint density at radius 3 is 2.64 bits per heavy atom. The van der Waals surface area contributed by atoms with E-state index in [4.69, 9.17) is 4.43 Å². The van der Waals surface area contributed by atoms with Crippen LogP contribution < -0.4 is 0 Å². The smallest absolute Gasteiger partial charge is 0.192 e. The summed E-state index contributed by atoms with van der Waals surface area (Å²) in [5.74, 6) is 2.59. The molecule has 1 spiro atoms. The van der Waals surface area contributed by atoms with Crippen molar-refractivity contribution >= 4 is 14.1 Å². The third-order valence-electron chi connectivity index (χ3n) is 10.0. The van der Waals surface area contributed by atoms with E-state index in [-0.39, 0.29) is 5.04 Å². The summed E-state index contributed by atoms with van der Waals surface area (Å²) in [4.78, 5) is 12.0. The number of hydrogen-bond acceptors (Lipinski definition) is 2. The molecule has 0 saturated heterocycles. The Balaban J connectivity index is 1.45. The molecule has 0 aromatic heterocycles. The van der Waals surface area contributed by atoms with Gasteiger partial charge in [-0.3, -0.25) is 4.79 Å². The van der Waals surface area contributed by atoms with Crippen molar-refractivity contribution in [2.24, 2.45) is 28.6 Å². The van der Waals surface area contributed by atoms with Crippen LogP contribution in [0.4, 0.5) is 0 Å². The molecule has 0 N–H and O–H groups in total. The Bertz CT molecular complexity index is 785. The van der Waals surface area contributed by atoms with E-state index < -0.39 is 8.32 Å². The Hall–Kier alpha value is -0.673. The predicted molar refractivity (Wildman–Crippen MR) is 117 cm³/mol. The van der Waals surface area contributed by atoms with Crippen molar-refractivity contribution in [1.29, 1.82) is 0 Å². The normalized spacial score (nSPS) is 44.7. The average molecular weight is 399 g/mol. The van der Waals surface area contributed by atoms with Gasteiger partial charge in [-0.2, -0.15) is 0 Å². The zero-order valence-electron chi connectivity index (χ0n) is 18.7. The van der Waals surface area contributed by atoms with Crippen molar-refractivity contribution in [3.05, 3.63) is 23.3 Å². The Morgan fingerprint density at radius 1 is 1.18 bits per heavy atom. The van der Waals surface area contributed by atoms with Crippen LogP contribution in [0.5, 0.6) is 0 Å². The van der Waals surface area contributed by atoms with Crippen LogP contribution in [0.15, 0.2) is 23.3 Å². The van der Waals surface area contributed by atoms with Crippen LogP contribution in [0.1, 0.15) is 72.6 Å². The van der Waals surface area contributed by atoms with Gasteiger partial charge in [0.2, 0.25) is 0 Å². The van der Waals surface area contributed by atoms with Crippen LogP contribution in [0, 0.1) is 28.6 Å². The second-order valence-corrected chi connectivity index (χ2v) is 17.1. The SMILES string of the molecule is CC(C)(C)[Si](C)(C)O[C@H]1CCC2C3C[C@H]4C[C@@]5(CCC(=O)C=C45)C3=CC[C@@]21C. The summed E-state index contributed by atoms with van der Waals surface area (Å²) in [6, 6.07) is 0. The summed E-state index contributed by atoms with van der Waals surface area (Å²) in [7, 11) is -1.75. The summed E-state index contributed by atoms with van der Waals surface area (Å²) >= 11 is 0. The van der Waals surface area contributed by atoms with E-state index >= 15 is 0 Å². The van der Waals surface area contributed by atoms with Gasteiger partial charge in [-0.15, -0.1) is 0 Å². The molecule has 6 rings (SSSR count). The molecule has 6 aliphatic carbocycles. The zero-order chi connectivity index (χ0) is 20.1. The fraction of sp³-hybridized carbons (Fsp3) is 0.800.